The Hall–Kier alpha value is -1.92. The van der Waals surface area contributed by atoms with Gasteiger partial charge in [-0.15, -0.1) is 0 Å². The molecule has 3 atom stereocenters. The monoisotopic (exact) mass is 428 g/mol. The zero-order chi connectivity index (χ0) is 21.3. The Bertz CT molecular complexity index is 1010. The molecule has 0 spiro atoms. The minimum Gasteiger partial charge on any atom is -0.353 e. The summed E-state index contributed by atoms with van der Waals surface area (Å²) in [4.78, 5) is 13.1. The molecule has 0 bridgehead atoms. The van der Waals surface area contributed by atoms with E-state index in [0.29, 0.717) is 42.7 Å². The summed E-state index contributed by atoms with van der Waals surface area (Å²) in [6.07, 6.45) is 4.61. The smallest absolute Gasteiger partial charge is 0.243 e. The van der Waals surface area contributed by atoms with E-state index in [-0.39, 0.29) is 17.9 Å². The minimum atomic E-state index is -3.54. The van der Waals surface area contributed by atoms with Crippen LogP contribution in [0.25, 0.3) is 10.8 Å². The molecule has 1 heterocycles. The van der Waals surface area contributed by atoms with E-state index in [9.17, 15) is 13.2 Å². The second-order valence-electron chi connectivity index (χ2n) is 9.07. The third-order valence-electron chi connectivity index (χ3n) is 7.22. The first-order valence-corrected chi connectivity index (χ1v) is 12.6. The summed E-state index contributed by atoms with van der Waals surface area (Å²) in [7, 11) is -3.54. The average Bonchev–Trinajstić information content (AvgIpc) is 2.76. The lowest BCUT2D eigenvalue weighted by molar-refractivity contribution is -0.127. The van der Waals surface area contributed by atoms with Crippen molar-refractivity contribution in [2.75, 3.05) is 13.1 Å². The number of hydrogen-bond donors (Lipinski definition) is 1. The van der Waals surface area contributed by atoms with Gasteiger partial charge in [0.05, 0.1) is 4.90 Å². The van der Waals surface area contributed by atoms with Crippen LogP contribution >= 0.6 is 0 Å². The van der Waals surface area contributed by atoms with Crippen LogP contribution in [0, 0.1) is 17.8 Å². The second-order valence-corrected chi connectivity index (χ2v) is 11.0. The fourth-order valence-corrected chi connectivity index (χ4v) is 6.43. The minimum absolute atomic E-state index is 0.0995. The van der Waals surface area contributed by atoms with Crippen molar-refractivity contribution in [3.8, 4) is 0 Å². The second kappa shape index (κ2) is 8.67. The van der Waals surface area contributed by atoms with Crippen LogP contribution < -0.4 is 5.32 Å². The van der Waals surface area contributed by atoms with E-state index in [1.807, 2.05) is 30.3 Å². The van der Waals surface area contributed by atoms with E-state index >= 15 is 0 Å². The van der Waals surface area contributed by atoms with Gasteiger partial charge in [-0.25, -0.2) is 8.42 Å². The number of nitrogens with one attached hydrogen (secondary N) is 1. The fraction of sp³-hybridized carbons (Fsp3) is 0.542. The van der Waals surface area contributed by atoms with Crippen molar-refractivity contribution in [3.63, 3.8) is 0 Å². The molecule has 30 heavy (non-hydrogen) atoms. The predicted octanol–water partition coefficient (Wildman–Crippen LogP) is 4.18. The number of piperidine rings is 1. The third kappa shape index (κ3) is 4.26. The zero-order valence-corrected chi connectivity index (χ0v) is 18.7. The molecule has 1 saturated carbocycles. The maximum atomic E-state index is 13.1. The number of sulfonamides is 1. The number of carbonyl (C=O) groups is 1. The molecule has 4 rings (SSSR count). The molecule has 0 unspecified atom stereocenters. The maximum absolute atomic E-state index is 13.1. The van der Waals surface area contributed by atoms with Crippen molar-refractivity contribution in [1.82, 2.24) is 9.62 Å². The zero-order valence-electron chi connectivity index (χ0n) is 17.9. The molecule has 1 aliphatic carbocycles. The molecule has 0 radical (unpaired) electrons. The van der Waals surface area contributed by atoms with Gasteiger partial charge in [0.2, 0.25) is 15.9 Å². The number of benzene rings is 2. The fourth-order valence-electron chi connectivity index (χ4n) is 4.92. The Morgan fingerprint density at radius 2 is 1.67 bits per heavy atom. The molecule has 2 aliphatic rings. The van der Waals surface area contributed by atoms with Crippen LogP contribution in [0.4, 0.5) is 0 Å². The van der Waals surface area contributed by atoms with Gasteiger partial charge in [-0.05, 0) is 54.0 Å². The van der Waals surface area contributed by atoms with Crippen molar-refractivity contribution in [1.29, 1.82) is 0 Å². The van der Waals surface area contributed by atoms with E-state index in [2.05, 4.69) is 19.2 Å². The Kier molecular flexibility index (Phi) is 6.16. The van der Waals surface area contributed by atoms with E-state index in [0.717, 1.165) is 17.2 Å². The Labute approximate surface area is 179 Å². The van der Waals surface area contributed by atoms with Crippen LogP contribution in [0.3, 0.4) is 0 Å². The lowest BCUT2D eigenvalue weighted by Gasteiger charge is -2.36. The van der Waals surface area contributed by atoms with Crippen LogP contribution in [-0.4, -0.2) is 37.8 Å². The summed E-state index contributed by atoms with van der Waals surface area (Å²) in [6.45, 7) is 5.28. The highest BCUT2D eigenvalue weighted by atomic mass is 32.2. The molecule has 1 aliphatic heterocycles. The summed E-state index contributed by atoms with van der Waals surface area (Å²) in [5.74, 6) is 1.13. The van der Waals surface area contributed by atoms with Crippen LogP contribution in [-0.2, 0) is 14.8 Å². The van der Waals surface area contributed by atoms with Gasteiger partial charge in [0.15, 0.2) is 0 Å². The third-order valence-corrected chi connectivity index (χ3v) is 9.11. The average molecular weight is 429 g/mol. The van der Waals surface area contributed by atoms with Gasteiger partial charge in [0.25, 0.3) is 0 Å². The van der Waals surface area contributed by atoms with Gasteiger partial charge >= 0.3 is 0 Å². The number of fused-ring (bicyclic) bond motifs is 1. The van der Waals surface area contributed by atoms with Crippen LogP contribution in [0.5, 0.6) is 0 Å². The lowest BCUT2D eigenvalue weighted by atomic mass is 9.78. The SMILES string of the molecule is C[C@@H]1[C@H](C)CCC[C@@H]1NC(=O)C1CCN(S(=O)(=O)c2ccc3ccccc3c2)CC1. The topological polar surface area (TPSA) is 66.5 Å². The molecule has 2 aromatic rings. The molecule has 0 aromatic heterocycles. The Morgan fingerprint density at radius 1 is 0.967 bits per heavy atom. The normalized spacial score (nSPS) is 26.5. The first kappa shape index (κ1) is 21.3. The summed E-state index contributed by atoms with van der Waals surface area (Å²) in [5.41, 5.74) is 0. The Morgan fingerprint density at radius 3 is 2.40 bits per heavy atom. The lowest BCUT2D eigenvalue weighted by Crippen LogP contribution is -2.48. The summed E-state index contributed by atoms with van der Waals surface area (Å²) >= 11 is 0. The highest BCUT2D eigenvalue weighted by Crippen LogP contribution is 2.31. The highest BCUT2D eigenvalue weighted by molar-refractivity contribution is 7.89. The van der Waals surface area contributed by atoms with Gasteiger partial charge < -0.3 is 5.32 Å². The molecule has 1 amide bonds. The number of hydrogen-bond acceptors (Lipinski definition) is 3. The van der Waals surface area contributed by atoms with Crippen LogP contribution in [0.15, 0.2) is 47.4 Å². The van der Waals surface area contributed by atoms with E-state index < -0.39 is 10.0 Å². The van der Waals surface area contributed by atoms with Gasteiger partial charge in [-0.1, -0.05) is 57.0 Å². The molecular formula is C24H32N2O3S. The van der Waals surface area contributed by atoms with E-state index in [4.69, 9.17) is 0 Å². The summed E-state index contributed by atoms with van der Waals surface area (Å²) in [6, 6.07) is 13.3. The number of nitrogens with zero attached hydrogens (tertiary/aromatic N) is 1. The standard InChI is InChI=1S/C24H32N2O3S/c1-17-6-5-9-23(18(17)2)25-24(27)20-12-14-26(15-13-20)30(28,29)22-11-10-19-7-3-4-8-21(19)16-22/h3-4,7-8,10-11,16-18,20,23H,5-6,9,12-15H2,1-2H3,(H,25,27)/t17-,18-,23+/m1/s1. The van der Waals surface area contributed by atoms with Crippen molar-refractivity contribution in [3.05, 3.63) is 42.5 Å². The molecule has 1 saturated heterocycles. The largest absolute Gasteiger partial charge is 0.353 e. The van der Waals surface area contributed by atoms with Crippen molar-refractivity contribution in [2.24, 2.45) is 17.8 Å². The Balaban J connectivity index is 1.39. The molecule has 5 nitrogen and oxygen atoms in total. The number of amides is 1. The highest BCUT2D eigenvalue weighted by Gasteiger charge is 2.34. The van der Waals surface area contributed by atoms with Gasteiger partial charge in [-0.3, -0.25) is 4.79 Å². The quantitative estimate of drug-likeness (QED) is 0.794. The first-order chi connectivity index (χ1) is 14.4. The predicted molar refractivity (Wildman–Crippen MR) is 120 cm³/mol. The van der Waals surface area contributed by atoms with Crippen LogP contribution in [0.2, 0.25) is 0 Å². The number of rotatable bonds is 4. The maximum Gasteiger partial charge on any atom is 0.243 e. The van der Waals surface area contributed by atoms with Crippen LogP contribution in [0.1, 0.15) is 46.0 Å². The van der Waals surface area contributed by atoms with E-state index in [1.165, 1.54) is 17.1 Å². The van der Waals surface area contributed by atoms with Gasteiger partial charge in [0, 0.05) is 25.0 Å². The van der Waals surface area contributed by atoms with Crippen molar-refractivity contribution < 1.29 is 13.2 Å². The molecule has 162 valence electrons. The molecule has 6 heteroatoms. The van der Waals surface area contributed by atoms with E-state index in [1.54, 1.807) is 12.1 Å². The van der Waals surface area contributed by atoms with Gasteiger partial charge in [-0.2, -0.15) is 4.31 Å². The molecule has 2 fully saturated rings. The van der Waals surface area contributed by atoms with Crippen molar-refractivity contribution in [2.45, 2.75) is 56.9 Å². The van der Waals surface area contributed by atoms with Crippen molar-refractivity contribution >= 4 is 26.7 Å². The molecular weight excluding hydrogens is 396 g/mol. The summed E-state index contributed by atoms with van der Waals surface area (Å²) < 4.78 is 27.8. The molecule has 2 aromatic carbocycles. The first-order valence-electron chi connectivity index (χ1n) is 11.2. The van der Waals surface area contributed by atoms with Gasteiger partial charge in [0.1, 0.15) is 0 Å². The molecule has 1 N–H and O–H groups in total. The number of carbonyl (C=O) groups excluding carboxylic acids is 1. The summed E-state index contributed by atoms with van der Waals surface area (Å²) in [5, 5.41) is 5.21.